The molecule has 1 aromatic heterocycles. The van der Waals surface area contributed by atoms with Gasteiger partial charge < -0.3 is 20.1 Å². The van der Waals surface area contributed by atoms with Crippen molar-refractivity contribution < 1.29 is 0 Å². The van der Waals surface area contributed by atoms with Crippen LogP contribution in [0, 0.1) is 5.92 Å². The van der Waals surface area contributed by atoms with Crippen LogP contribution in [-0.2, 0) is 13.0 Å². The first-order chi connectivity index (χ1) is 12.1. The van der Waals surface area contributed by atoms with Gasteiger partial charge in [-0.3, -0.25) is 4.99 Å². The van der Waals surface area contributed by atoms with Crippen molar-refractivity contribution in [2.24, 2.45) is 10.9 Å². The summed E-state index contributed by atoms with van der Waals surface area (Å²) in [6.45, 7) is 14.8. The van der Waals surface area contributed by atoms with E-state index in [1.54, 1.807) is 6.33 Å². The van der Waals surface area contributed by atoms with Gasteiger partial charge in [-0.25, -0.2) is 0 Å². The number of nitrogens with zero attached hydrogens (tertiary/aromatic N) is 5. The Balaban J connectivity index is 0.00000338. The highest BCUT2D eigenvalue weighted by molar-refractivity contribution is 14.0. The number of guanidine groups is 1. The molecule has 1 fully saturated rings. The lowest BCUT2D eigenvalue weighted by Crippen LogP contribution is -2.49. The monoisotopic (exact) mass is 477 g/mol. The minimum absolute atomic E-state index is 0. The van der Waals surface area contributed by atoms with Gasteiger partial charge in [-0.05, 0) is 25.7 Å². The van der Waals surface area contributed by atoms with E-state index < -0.39 is 0 Å². The first kappa shape index (κ1) is 23.1. The molecule has 0 aromatic carbocycles. The smallest absolute Gasteiger partial charge is 0.191 e. The number of hydrogen-bond donors (Lipinski definition) is 2. The summed E-state index contributed by atoms with van der Waals surface area (Å²) >= 11 is 0. The number of hydrogen-bond acceptors (Lipinski definition) is 4. The molecule has 8 heteroatoms. The van der Waals surface area contributed by atoms with Gasteiger partial charge in [0.1, 0.15) is 12.2 Å². The van der Waals surface area contributed by atoms with Gasteiger partial charge in [-0.1, -0.05) is 20.8 Å². The normalized spacial score (nSPS) is 16.6. The molecule has 0 atom stereocenters. The fourth-order valence-electron chi connectivity index (χ4n) is 3.30. The van der Waals surface area contributed by atoms with E-state index in [2.05, 4.69) is 58.0 Å². The SMILES string of the molecule is CCNC(=NCCn1cnnc1CC)NC1CCN(CC(C)C)CC1.I. The Morgan fingerprint density at radius 3 is 2.65 bits per heavy atom. The fourth-order valence-corrected chi connectivity index (χ4v) is 3.30. The number of halogens is 1. The molecule has 2 N–H and O–H groups in total. The Bertz CT molecular complexity index is 521. The number of aryl methyl sites for hydroxylation is 1. The summed E-state index contributed by atoms with van der Waals surface area (Å²) in [5.41, 5.74) is 0. The van der Waals surface area contributed by atoms with Crippen LogP contribution < -0.4 is 10.6 Å². The van der Waals surface area contributed by atoms with Gasteiger partial charge in [-0.2, -0.15) is 0 Å². The average molecular weight is 477 g/mol. The molecule has 0 unspecified atom stereocenters. The van der Waals surface area contributed by atoms with Crippen LogP contribution >= 0.6 is 24.0 Å². The van der Waals surface area contributed by atoms with Crippen LogP contribution in [0.4, 0.5) is 0 Å². The Labute approximate surface area is 175 Å². The molecule has 2 rings (SSSR count). The predicted molar refractivity (Wildman–Crippen MR) is 118 cm³/mol. The summed E-state index contributed by atoms with van der Waals surface area (Å²) in [7, 11) is 0. The van der Waals surface area contributed by atoms with E-state index in [0.29, 0.717) is 6.04 Å². The van der Waals surface area contributed by atoms with Crippen molar-refractivity contribution in [3.8, 4) is 0 Å². The summed E-state index contributed by atoms with van der Waals surface area (Å²) in [6, 6.07) is 0.516. The van der Waals surface area contributed by atoms with E-state index in [0.717, 1.165) is 43.8 Å². The maximum atomic E-state index is 4.73. The molecule has 2 heterocycles. The number of likely N-dealkylation sites (tertiary alicyclic amines) is 1. The van der Waals surface area contributed by atoms with Gasteiger partial charge in [-0.15, -0.1) is 34.2 Å². The van der Waals surface area contributed by atoms with E-state index >= 15 is 0 Å². The third-order valence-corrected chi connectivity index (χ3v) is 4.52. The lowest BCUT2D eigenvalue weighted by Gasteiger charge is -2.34. The molecule has 150 valence electrons. The minimum atomic E-state index is 0. The third kappa shape index (κ3) is 7.77. The second kappa shape index (κ2) is 12.5. The van der Waals surface area contributed by atoms with E-state index in [1.807, 2.05) is 0 Å². The summed E-state index contributed by atoms with van der Waals surface area (Å²) in [5, 5.41) is 15.1. The van der Waals surface area contributed by atoms with Crippen LogP contribution in [0.25, 0.3) is 0 Å². The van der Waals surface area contributed by atoms with Gasteiger partial charge in [0.15, 0.2) is 5.96 Å². The highest BCUT2D eigenvalue weighted by Crippen LogP contribution is 2.12. The predicted octanol–water partition coefficient (Wildman–Crippen LogP) is 2.13. The number of aromatic nitrogens is 3. The van der Waals surface area contributed by atoms with Crippen LogP contribution in [-0.4, -0.2) is 64.4 Å². The fraction of sp³-hybridized carbons (Fsp3) is 0.833. The Kier molecular flexibility index (Phi) is 11.1. The minimum Gasteiger partial charge on any atom is -0.357 e. The van der Waals surface area contributed by atoms with Crippen molar-refractivity contribution in [2.45, 2.75) is 59.5 Å². The molecule has 1 aromatic rings. The van der Waals surface area contributed by atoms with Crippen molar-refractivity contribution in [2.75, 3.05) is 32.7 Å². The number of piperidine rings is 1. The van der Waals surface area contributed by atoms with E-state index in [1.165, 1.54) is 32.5 Å². The van der Waals surface area contributed by atoms with Crippen molar-refractivity contribution in [3.63, 3.8) is 0 Å². The topological polar surface area (TPSA) is 70.4 Å². The van der Waals surface area contributed by atoms with Crippen molar-refractivity contribution in [3.05, 3.63) is 12.2 Å². The van der Waals surface area contributed by atoms with Crippen LogP contribution in [0.15, 0.2) is 11.3 Å². The molecule has 0 spiro atoms. The Morgan fingerprint density at radius 1 is 1.31 bits per heavy atom. The van der Waals surface area contributed by atoms with Crippen molar-refractivity contribution >= 4 is 29.9 Å². The Morgan fingerprint density at radius 2 is 2.04 bits per heavy atom. The molecule has 26 heavy (non-hydrogen) atoms. The summed E-state index contributed by atoms with van der Waals surface area (Å²) in [4.78, 5) is 7.30. The highest BCUT2D eigenvalue weighted by Gasteiger charge is 2.20. The lowest BCUT2D eigenvalue weighted by atomic mass is 10.0. The lowest BCUT2D eigenvalue weighted by molar-refractivity contribution is 0.187. The van der Waals surface area contributed by atoms with Gasteiger partial charge >= 0.3 is 0 Å². The molecule has 1 aliphatic heterocycles. The maximum absolute atomic E-state index is 4.73. The largest absolute Gasteiger partial charge is 0.357 e. The van der Waals surface area contributed by atoms with Crippen molar-refractivity contribution in [1.82, 2.24) is 30.3 Å². The van der Waals surface area contributed by atoms with Crippen LogP contribution in [0.3, 0.4) is 0 Å². The highest BCUT2D eigenvalue weighted by atomic mass is 127. The molecule has 0 saturated carbocycles. The van der Waals surface area contributed by atoms with Gasteiger partial charge in [0.2, 0.25) is 0 Å². The molecule has 1 saturated heterocycles. The van der Waals surface area contributed by atoms with Crippen LogP contribution in [0.5, 0.6) is 0 Å². The standard InChI is InChI=1S/C18H35N7.HI/c1-5-17-23-21-14-25(17)12-9-20-18(19-6-2)22-16-7-10-24(11-8-16)13-15(3)4;/h14-16H,5-13H2,1-4H3,(H2,19,20,22);1H. The second-order valence-corrected chi connectivity index (χ2v) is 7.17. The second-order valence-electron chi connectivity index (χ2n) is 7.17. The zero-order chi connectivity index (χ0) is 18.1. The van der Waals surface area contributed by atoms with E-state index in [4.69, 9.17) is 4.99 Å². The Hall–Kier alpha value is -0.900. The maximum Gasteiger partial charge on any atom is 0.191 e. The van der Waals surface area contributed by atoms with E-state index in [-0.39, 0.29) is 24.0 Å². The van der Waals surface area contributed by atoms with Crippen LogP contribution in [0.2, 0.25) is 0 Å². The third-order valence-electron chi connectivity index (χ3n) is 4.52. The molecule has 1 aliphatic rings. The first-order valence-corrected chi connectivity index (χ1v) is 9.76. The van der Waals surface area contributed by atoms with Gasteiger partial charge in [0.25, 0.3) is 0 Å². The average Bonchev–Trinajstić information content (AvgIpc) is 3.04. The first-order valence-electron chi connectivity index (χ1n) is 9.76. The molecule has 0 radical (unpaired) electrons. The molecular weight excluding hydrogens is 441 g/mol. The summed E-state index contributed by atoms with van der Waals surface area (Å²) < 4.78 is 2.08. The molecule has 0 bridgehead atoms. The van der Waals surface area contributed by atoms with Gasteiger partial charge in [0, 0.05) is 45.2 Å². The van der Waals surface area contributed by atoms with E-state index in [9.17, 15) is 0 Å². The zero-order valence-electron chi connectivity index (χ0n) is 16.7. The molecule has 7 nitrogen and oxygen atoms in total. The number of rotatable bonds is 8. The summed E-state index contributed by atoms with van der Waals surface area (Å²) in [6.07, 6.45) is 5.06. The molecule has 0 amide bonds. The van der Waals surface area contributed by atoms with Crippen molar-refractivity contribution in [1.29, 1.82) is 0 Å². The molecule has 0 aliphatic carbocycles. The molecular formula is C18H36IN7. The quantitative estimate of drug-likeness (QED) is 0.341. The number of aliphatic imine (C=N–C) groups is 1. The van der Waals surface area contributed by atoms with Gasteiger partial charge in [0.05, 0.1) is 6.54 Å². The number of nitrogens with one attached hydrogen (secondary N) is 2. The summed E-state index contributed by atoms with van der Waals surface area (Å²) in [5.74, 6) is 2.69. The van der Waals surface area contributed by atoms with Crippen LogP contribution in [0.1, 0.15) is 46.4 Å². The zero-order valence-corrected chi connectivity index (χ0v) is 19.1.